The number of hydrogen-bond donors (Lipinski definition) is 0. The predicted octanol–water partition coefficient (Wildman–Crippen LogP) is 5.17. The molecule has 3 rings (SSSR count). The molecule has 1 aliphatic heterocycles. The van der Waals surface area contributed by atoms with Gasteiger partial charge in [0.05, 0.1) is 19.8 Å². The standard InChI is InChI=1S/C23H26O4/c1-17(2)12-15-25-20-8-4-18(5-9-20)6-10-21(24)19-7-11-22-23(16-19)27-14-3-13-26-22/h4-11,16-17H,3,12-15H2,1-2H3/b10-6+. The van der Waals surface area contributed by atoms with Gasteiger partial charge in [-0.25, -0.2) is 0 Å². The van der Waals surface area contributed by atoms with E-state index < -0.39 is 0 Å². The molecule has 0 amide bonds. The number of rotatable bonds is 7. The van der Waals surface area contributed by atoms with E-state index in [-0.39, 0.29) is 5.78 Å². The van der Waals surface area contributed by atoms with E-state index in [1.807, 2.05) is 30.3 Å². The number of hydrogen-bond acceptors (Lipinski definition) is 4. The number of carbonyl (C=O) groups is 1. The second kappa shape index (κ2) is 9.26. The van der Waals surface area contributed by atoms with E-state index in [2.05, 4.69) is 13.8 Å². The van der Waals surface area contributed by atoms with Crippen molar-refractivity contribution >= 4 is 11.9 Å². The Morgan fingerprint density at radius 3 is 2.56 bits per heavy atom. The maximum atomic E-state index is 12.5. The zero-order valence-corrected chi connectivity index (χ0v) is 15.9. The molecule has 142 valence electrons. The smallest absolute Gasteiger partial charge is 0.185 e. The van der Waals surface area contributed by atoms with Gasteiger partial charge in [0.25, 0.3) is 0 Å². The minimum absolute atomic E-state index is 0.0668. The Bertz CT molecular complexity index is 791. The molecular weight excluding hydrogens is 340 g/mol. The zero-order valence-electron chi connectivity index (χ0n) is 15.9. The molecular formula is C23H26O4. The van der Waals surface area contributed by atoms with Crippen LogP contribution in [0.5, 0.6) is 17.2 Å². The van der Waals surface area contributed by atoms with E-state index in [1.54, 1.807) is 24.3 Å². The van der Waals surface area contributed by atoms with Crippen molar-refractivity contribution in [2.45, 2.75) is 26.7 Å². The van der Waals surface area contributed by atoms with E-state index in [9.17, 15) is 4.79 Å². The lowest BCUT2D eigenvalue weighted by molar-refractivity contribution is 0.104. The van der Waals surface area contributed by atoms with Crippen molar-refractivity contribution in [3.05, 3.63) is 59.7 Å². The Balaban J connectivity index is 1.60. The van der Waals surface area contributed by atoms with Crippen LogP contribution in [0, 0.1) is 5.92 Å². The van der Waals surface area contributed by atoms with Crippen molar-refractivity contribution in [1.29, 1.82) is 0 Å². The van der Waals surface area contributed by atoms with E-state index >= 15 is 0 Å². The third kappa shape index (κ3) is 5.61. The molecule has 1 aliphatic rings. The summed E-state index contributed by atoms with van der Waals surface area (Å²) < 4.78 is 17.0. The number of allylic oxidation sites excluding steroid dienone is 1. The fourth-order valence-electron chi connectivity index (χ4n) is 2.67. The van der Waals surface area contributed by atoms with Crippen molar-refractivity contribution in [1.82, 2.24) is 0 Å². The maximum absolute atomic E-state index is 12.5. The number of fused-ring (bicyclic) bond motifs is 1. The third-order valence-corrected chi connectivity index (χ3v) is 4.30. The molecule has 27 heavy (non-hydrogen) atoms. The summed E-state index contributed by atoms with van der Waals surface area (Å²) in [6.07, 6.45) is 5.26. The molecule has 1 heterocycles. The molecule has 0 aliphatic carbocycles. The van der Waals surface area contributed by atoms with Crippen LogP contribution in [0.3, 0.4) is 0 Å². The van der Waals surface area contributed by atoms with Crippen molar-refractivity contribution < 1.29 is 19.0 Å². The summed E-state index contributed by atoms with van der Waals surface area (Å²) in [6, 6.07) is 13.1. The summed E-state index contributed by atoms with van der Waals surface area (Å²) >= 11 is 0. The summed E-state index contributed by atoms with van der Waals surface area (Å²) in [7, 11) is 0. The zero-order chi connectivity index (χ0) is 19.1. The average molecular weight is 366 g/mol. The highest BCUT2D eigenvalue weighted by Gasteiger charge is 2.12. The molecule has 0 unspecified atom stereocenters. The Kier molecular flexibility index (Phi) is 6.53. The quantitative estimate of drug-likeness (QED) is 0.501. The van der Waals surface area contributed by atoms with Crippen LogP contribution < -0.4 is 14.2 Å². The topological polar surface area (TPSA) is 44.8 Å². The second-order valence-electron chi connectivity index (χ2n) is 7.01. The summed E-state index contributed by atoms with van der Waals surface area (Å²) in [5, 5.41) is 0. The molecule has 4 nitrogen and oxygen atoms in total. The van der Waals surface area contributed by atoms with Gasteiger partial charge in [0.1, 0.15) is 5.75 Å². The molecule has 0 aromatic heterocycles. The molecule has 0 saturated carbocycles. The Labute approximate surface area is 160 Å². The lowest BCUT2D eigenvalue weighted by Gasteiger charge is -2.08. The summed E-state index contributed by atoms with van der Waals surface area (Å²) in [5.41, 5.74) is 1.54. The molecule has 0 radical (unpaired) electrons. The third-order valence-electron chi connectivity index (χ3n) is 4.30. The Hall–Kier alpha value is -2.75. The maximum Gasteiger partial charge on any atom is 0.185 e. The SMILES string of the molecule is CC(C)CCOc1ccc(/C=C/C(=O)c2ccc3c(c2)OCCCO3)cc1. The van der Waals surface area contributed by atoms with Crippen LogP contribution in [0.2, 0.25) is 0 Å². The predicted molar refractivity (Wildman–Crippen MR) is 107 cm³/mol. The average Bonchev–Trinajstić information content (AvgIpc) is 2.91. The molecule has 0 bridgehead atoms. The number of benzene rings is 2. The molecule has 4 heteroatoms. The van der Waals surface area contributed by atoms with Crippen molar-refractivity contribution in [2.75, 3.05) is 19.8 Å². The summed E-state index contributed by atoms with van der Waals surface area (Å²) in [5.74, 6) is 2.74. The summed E-state index contributed by atoms with van der Waals surface area (Å²) in [4.78, 5) is 12.5. The van der Waals surface area contributed by atoms with Crippen LogP contribution >= 0.6 is 0 Å². The van der Waals surface area contributed by atoms with Gasteiger partial charge in [-0.2, -0.15) is 0 Å². The highest BCUT2D eigenvalue weighted by Crippen LogP contribution is 2.30. The molecule has 2 aromatic rings. The lowest BCUT2D eigenvalue weighted by Crippen LogP contribution is -2.01. The van der Waals surface area contributed by atoms with Gasteiger partial charge in [-0.3, -0.25) is 4.79 Å². The van der Waals surface area contributed by atoms with Crippen molar-refractivity contribution in [3.63, 3.8) is 0 Å². The van der Waals surface area contributed by atoms with Gasteiger partial charge in [-0.05, 0) is 54.3 Å². The van der Waals surface area contributed by atoms with Gasteiger partial charge in [0, 0.05) is 12.0 Å². The van der Waals surface area contributed by atoms with Crippen molar-refractivity contribution in [3.8, 4) is 17.2 Å². The first-order chi connectivity index (χ1) is 13.1. The van der Waals surface area contributed by atoms with Gasteiger partial charge in [0.2, 0.25) is 0 Å². The van der Waals surface area contributed by atoms with Crippen molar-refractivity contribution in [2.24, 2.45) is 5.92 Å². The van der Waals surface area contributed by atoms with E-state index in [0.29, 0.717) is 36.2 Å². The monoisotopic (exact) mass is 366 g/mol. The van der Waals surface area contributed by atoms with E-state index in [4.69, 9.17) is 14.2 Å². The lowest BCUT2D eigenvalue weighted by atomic mass is 10.1. The van der Waals surface area contributed by atoms with Crippen LogP contribution in [-0.4, -0.2) is 25.6 Å². The largest absolute Gasteiger partial charge is 0.494 e. The molecule has 0 spiro atoms. The molecule has 0 fully saturated rings. The van der Waals surface area contributed by atoms with Crippen LogP contribution in [0.25, 0.3) is 6.08 Å². The molecule has 0 atom stereocenters. The van der Waals surface area contributed by atoms with Crippen LogP contribution in [0.1, 0.15) is 42.6 Å². The first-order valence-electron chi connectivity index (χ1n) is 9.47. The van der Waals surface area contributed by atoms with Gasteiger partial charge in [0.15, 0.2) is 17.3 Å². The fourth-order valence-corrected chi connectivity index (χ4v) is 2.67. The Morgan fingerprint density at radius 2 is 1.81 bits per heavy atom. The first-order valence-corrected chi connectivity index (χ1v) is 9.47. The van der Waals surface area contributed by atoms with Crippen LogP contribution in [0.15, 0.2) is 48.5 Å². The van der Waals surface area contributed by atoms with Crippen LogP contribution in [-0.2, 0) is 0 Å². The van der Waals surface area contributed by atoms with Gasteiger partial charge >= 0.3 is 0 Å². The summed E-state index contributed by atoms with van der Waals surface area (Å²) in [6.45, 7) is 6.31. The highest BCUT2D eigenvalue weighted by molar-refractivity contribution is 6.07. The van der Waals surface area contributed by atoms with Crippen LogP contribution in [0.4, 0.5) is 0 Å². The first kappa shape index (κ1) is 19.0. The van der Waals surface area contributed by atoms with Gasteiger partial charge < -0.3 is 14.2 Å². The number of ketones is 1. The van der Waals surface area contributed by atoms with Gasteiger partial charge in [-0.1, -0.05) is 32.1 Å². The Morgan fingerprint density at radius 1 is 1.07 bits per heavy atom. The number of carbonyl (C=O) groups excluding carboxylic acids is 1. The minimum atomic E-state index is -0.0668. The second-order valence-corrected chi connectivity index (χ2v) is 7.01. The normalized spacial score (nSPS) is 13.6. The molecule has 2 aromatic carbocycles. The molecule has 0 N–H and O–H groups in total. The fraction of sp³-hybridized carbons (Fsp3) is 0.348. The van der Waals surface area contributed by atoms with E-state index in [0.717, 1.165) is 30.8 Å². The highest BCUT2D eigenvalue weighted by atomic mass is 16.5. The van der Waals surface area contributed by atoms with E-state index in [1.165, 1.54) is 0 Å². The van der Waals surface area contributed by atoms with Gasteiger partial charge in [-0.15, -0.1) is 0 Å². The minimum Gasteiger partial charge on any atom is -0.494 e. The molecule has 0 saturated heterocycles. The number of ether oxygens (including phenoxy) is 3.